The molecule has 0 bridgehead atoms. The van der Waals surface area contributed by atoms with Crippen LogP contribution in [0, 0.1) is 0 Å². The molecular weight excluding hydrogens is 206 g/mol. The molecule has 0 saturated carbocycles. The molecule has 0 rings (SSSR count). The summed E-state index contributed by atoms with van der Waals surface area (Å²) >= 11 is 1.33. The van der Waals surface area contributed by atoms with Gasteiger partial charge in [-0.2, -0.15) is 11.8 Å². The van der Waals surface area contributed by atoms with E-state index in [4.69, 9.17) is 5.11 Å². The van der Waals surface area contributed by atoms with Crippen LogP contribution in [0.5, 0.6) is 0 Å². The minimum atomic E-state index is -1.07. The SMILES string of the molecule is C=CCOC(=O)N[C@H](CSC)C(=O)O. The molecule has 0 spiro atoms. The molecule has 6 heteroatoms. The molecule has 0 aromatic rings. The van der Waals surface area contributed by atoms with Gasteiger partial charge in [0.15, 0.2) is 0 Å². The number of carboxylic acids is 1. The zero-order valence-corrected chi connectivity index (χ0v) is 8.67. The van der Waals surface area contributed by atoms with Gasteiger partial charge in [0, 0.05) is 5.75 Å². The van der Waals surface area contributed by atoms with Gasteiger partial charge in [-0.1, -0.05) is 12.7 Å². The van der Waals surface area contributed by atoms with Crippen LogP contribution in [0.1, 0.15) is 0 Å². The van der Waals surface area contributed by atoms with Crippen LogP contribution in [0.2, 0.25) is 0 Å². The first-order valence-electron chi connectivity index (χ1n) is 3.87. The second kappa shape index (κ2) is 7.25. The fourth-order valence-electron chi connectivity index (χ4n) is 0.660. The number of hydrogen-bond donors (Lipinski definition) is 2. The highest BCUT2D eigenvalue weighted by Crippen LogP contribution is 1.98. The van der Waals surface area contributed by atoms with Gasteiger partial charge < -0.3 is 15.2 Å². The van der Waals surface area contributed by atoms with Crippen molar-refractivity contribution in [2.45, 2.75) is 6.04 Å². The molecule has 0 heterocycles. The van der Waals surface area contributed by atoms with Crippen molar-refractivity contribution in [1.29, 1.82) is 0 Å². The fraction of sp³-hybridized carbons (Fsp3) is 0.500. The Hall–Kier alpha value is -1.17. The number of amides is 1. The third-order valence-corrected chi connectivity index (χ3v) is 1.92. The number of hydrogen-bond acceptors (Lipinski definition) is 4. The molecule has 0 aromatic heterocycles. The maximum Gasteiger partial charge on any atom is 0.408 e. The first-order chi connectivity index (χ1) is 6.61. The van der Waals surface area contributed by atoms with Crippen LogP contribution in [-0.4, -0.2) is 41.8 Å². The molecule has 80 valence electrons. The Balaban J connectivity index is 3.95. The molecular formula is C8H13NO4S. The van der Waals surface area contributed by atoms with Crippen LogP contribution in [0.4, 0.5) is 4.79 Å². The average Bonchev–Trinajstić information content (AvgIpc) is 2.14. The van der Waals surface area contributed by atoms with Crippen molar-refractivity contribution in [3.05, 3.63) is 12.7 Å². The molecule has 0 aliphatic rings. The lowest BCUT2D eigenvalue weighted by molar-refractivity contribution is -0.138. The lowest BCUT2D eigenvalue weighted by atomic mass is 10.3. The Morgan fingerprint density at radius 3 is 2.79 bits per heavy atom. The largest absolute Gasteiger partial charge is 0.480 e. The van der Waals surface area contributed by atoms with Crippen LogP contribution < -0.4 is 5.32 Å². The van der Waals surface area contributed by atoms with Gasteiger partial charge in [-0.05, 0) is 6.26 Å². The van der Waals surface area contributed by atoms with Crippen molar-refractivity contribution in [2.24, 2.45) is 0 Å². The number of carbonyl (C=O) groups is 2. The van der Waals surface area contributed by atoms with Crippen molar-refractivity contribution in [3.8, 4) is 0 Å². The summed E-state index contributed by atoms with van der Waals surface area (Å²) in [6, 6.07) is -0.915. The zero-order chi connectivity index (χ0) is 11.0. The Morgan fingerprint density at radius 2 is 2.36 bits per heavy atom. The first-order valence-corrected chi connectivity index (χ1v) is 5.27. The molecule has 0 aliphatic carbocycles. The van der Waals surface area contributed by atoms with E-state index >= 15 is 0 Å². The van der Waals surface area contributed by atoms with E-state index < -0.39 is 18.1 Å². The van der Waals surface area contributed by atoms with E-state index in [-0.39, 0.29) is 6.61 Å². The number of ether oxygens (including phenoxy) is 1. The van der Waals surface area contributed by atoms with E-state index in [1.807, 2.05) is 0 Å². The minimum absolute atomic E-state index is 0.0669. The van der Waals surface area contributed by atoms with Crippen molar-refractivity contribution in [1.82, 2.24) is 5.32 Å². The highest BCUT2D eigenvalue weighted by molar-refractivity contribution is 7.98. The van der Waals surface area contributed by atoms with Crippen LogP contribution in [-0.2, 0) is 9.53 Å². The predicted octanol–water partition coefficient (Wildman–Crippen LogP) is 0.715. The molecule has 1 atom stereocenters. The van der Waals surface area contributed by atoms with Crippen molar-refractivity contribution in [3.63, 3.8) is 0 Å². The van der Waals surface area contributed by atoms with E-state index in [1.54, 1.807) is 6.26 Å². The third kappa shape index (κ3) is 5.47. The highest BCUT2D eigenvalue weighted by Gasteiger charge is 2.19. The van der Waals surface area contributed by atoms with E-state index in [0.29, 0.717) is 5.75 Å². The summed E-state index contributed by atoms with van der Waals surface area (Å²) in [5.74, 6) is -0.770. The average molecular weight is 219 g/mol. The number of thioether (sulfide) groups is 1. The van der Waals surface area contributed by atoms with Gasteiger partial charge in [0.05, 0.1) is 0 Å². The summed E-state index contributed by atoms with van der Waals surface area (Å²) in [5, 5.41) is 10.9. The number of carboxylic acid groups (broad SMARTS) is 1. The first kappa shape index (κ1) is 12.8. The molecule has 5 nitrogen and oxygen atoms in total. The molecule has 0 aliphatic heterocycles. The molecule has 0 radical (unpaired) electrons. The zero-order valence-electron chi connectivity index (χ0n) is 7.86. The van der Waals surface area contributed by atoms with Crippen LogP contribution in [0.25, 0.3) is 0 Å². The Kier molecular flexibility index (Phi) is 6.65. The van der Waals surface area contributed by atoms with Crippen molar-refractivity contribution < 1.29 is 19.4 Å². The topological polar surface area (TPSA) is 75.6 Å². The normalized spacial score (nSPS) is 11.5. The smallest absolute Gasteiger partial charge is 0.408 e. The Morgan fingerprint density at radius 1 is 1.71 bits per heavy atom. The highest BCUT2D eigenvalue weighted by atomic mass is 32.2. The van der Waals surface area contributed by atoms with E-state index in [9.17, 15) is 9.59 Å². The number of carbonyl (C=O) groups excluding carboxylic acids is 1. The maximum atomic E-state index is 10.9. The third-order valence-electron chi connectivity index (χ3n) is 1.26. The second-order valence-corrected chi connectivity index (χ2v) is 3.29. The number of nitrogens with one attached hydrogen (secondary N) is 1. The summed E-state index contributed by atoms with van der Waals surface area (Å²) in [5.41, 5.74) is 0. The predicted molar refractivity (Wildman–Crippen MR) is 54.5 cm³/mol. The van der Waals surface area contributed by atoms with E-state index in [1.165, 1.54) is 17.8 Å². The maximum absolute atomic E-state index is 10.9. The van der Waals surface area contributed by atoms with Crippen LogP contribution in [0.15, 0.2) is 12.7 Å². The van der Waals surface area contributed by atoms with Gasteiger partial charge in [0.2, 0.25) is 0 Å². The van der Waals surface area contributed by atoms with E-state index in [2.05, 4.69) is 16.6 Å². The molecule has 2 N–H and O–H groups in total. The van der Waals surface area contributed by atoms with Crippen molar-refractivity contribution >= 4 is 23.8 Å². The van der Waals surface area contributed by atoms with E-state index in [0.717, 1.165) is 0 Å². The van der Waals surface area contributed by atoms with Gasteiger partial charge in [-0.25, -0.2) is 9.59 Å². The molecule has 1 amide bonds. The summed E-state index contributed by atoms with van der Waals surface area (Å²) in [4.78, 5) is 21.5. The summed E-state index contributed by atoms with van der Waals surface area (Å²) in [6.07, 6.45) is 2.42. The number of alkyl carbamates (subject to hydrolysis) is 1. The molecule has 0 aromatic carbocycles. The van der Waals surface area contributed by atoms with Crippen molar-refractivity contribution in [2.75, 3.05) is 18.6 Å². The molecule has 14 heavy (non-hydrogen) atoms. The molecule has 0 saturated heterocycles. The molecule has 0 unspecified atom stereocenters. The second-order valence-electron chi connectivity index (χ2n) is 2.38. The Labute approximate surface area is 86.5 Å². The van der Waals surface area contributed by atoms with Crippen LogP contribution in [0.3, 0.4) is 0 Å². The Bertz CT molecular complexity index is 219. The van der Waals surface area contributed by atoms with Gasteiger partial charge in [-0.3, -0.25) is 0 Å². The monoisotopic (exact) mass is 219 g/mol. The fourth-order valence-corrected chi connectivity index (χ4v) is 1.22. The van der Waals surface area contributed by atoms with Gasteiger partial charge in [0.25, 0.3) is 0 Å². The molecule has 0 fully saturated rings. The summed E-state index contributed by atoms with van der Waals surface area (Å²) in [7, 11) is 0. The van der Waals surface area contributed by atoms with Gasteiger partial charge in [-0.15, -0.1) is 0 Å². The van der Waals surface area contributed by atoms with Crippen LogP contribution >= 0.6 is 11.8 Å². The standard InChI is InChI=1S/C8H13NO4S/c1-3-4-13-8(12)9-6(5-14-2)7(10)11/h3,6H,1,4-5H2,2H3,(H,9,12)(H,10,11)/t6-/m1/s1. The minimum Gasteiger partial charge on any atom is -0.480 e. The lowest BCUT2D eigenvalue weighted by Crippen LogP contribution is -2.42. The lowest BCUT2D eigenvalue weighted by Gasteiger charge is -2.12. The number of aliphatic carboxylic acids is 1. The van der Waals surface area contributed by atoms with Gasteiger partial charge >= 0.3 is 12.1 Å². The quantitative estimate of drug-likeness (QED) is 0.644. The number of rotatable bonds is 6. The summed E-state index contributed by atoms with van der Waals surface area (Å²) < 4.78 is 4.58. The summed E-state index contributed by atoms with van der Waals surface area (Å²) in [6.45, 7) is 3.42. The van der Waals surface area contributed by atoms with Gasteiger partial charge in [0.1, 0.15) is 12.6 Å².